The van der Waals surface area contributed by atoms with E-state index < -0.39 is 17.9 Å². The molecule has 5 heteroatoms. The molecule has 33 heavy (non-hydrogen) atoms. The van der Waals surface area contributed by atoms with E-state index >= 15 is 0 Å². The first-order valence-electron chi connectivity index (χ1n) is 11.2. The molecular weight excluding hydrogens is 414 g/mol. The van der Waals surface area contributed by atoms with E-state index in [9.17, 15) is 9.59 Å². The molecule has 0 bridgehead atoms. The Labute approximate surface area is 196 Å². The Hall–Kier alpha value is -3.60. The Morgan fingerprint density at radius 3 is 1.73 bits per heavy atom. The summed E-state index contributed by atoms with van der Waals surface area (Å²) in [5.41, 5.74) is 4.33. The Balaban J connectivity index is 1.97. The Bertz CT molecular complexity index is 979. The van der Waals surface area contributed by atoms with Gasteiger partial charge >= 0.3 is 11.9 Å². The number of hydrogen-bond donors (Lipinski definition) is 0. The lowest BCUT2D eigenvalue weighted by Crippen LogP contribution is -2.32. The van der Waals surface area contributed by atoms with E-state index in [2.05, 4.69) is 41.3 Å². The maximum absolute atomic E-state index is 12.5. The minimum absolute atomic E-state index is 0.347. The number of esters is 2. The van der Waals surface area contributed by atoms with Crippen LogP contribution >= 0.6 is 0 Å². The molecule has 0 unspecified atom stereocenters. The first-order valence-corrected chi connectivity index (χ1v) is 11.2. The predicted molar refractivity (Wildman–Crippen MR) is 130 cm³/mol. The first kappa shape index (κ1) is 24.1. The van der Waals surface area contributed by atoms with Gasteiger partial charge in [0.05, 0.1) is 14.2 Å². The molecule has 0 radical (unpaired) electrons. The highest BCUT2D eigenvalue weighted by Gasteiger charge is 2.37. The Morgan fingerprint density at radius 1 is 0.758 bits per heavy atom. The van der Waals surface area contributed by atoms with Crippen LogP contribution in [0.1, 0.15) is 36.0 Å². The van der Waals surface area contributed by atoms with Crippen molar-refractivity contribution in [3.63, 3.8) is 0 Å². The third-order valence-electron chi connectivity index (χ3n) is 5.85. The van der Waals surface area contributed by atoms with Gasteiger partial charge in [0.1, 0.15) is 0 Å². The zero-order valence-electron chi connectivity index (χ0n) is 19.4. The van der Waals surface area contributed by atoms with Crippen molar-refractivity contribution >= 4 is 17.6 Å². The van der Waals surface area contributed by atoms with Crippen LogP contribution in [0, 0.1) is 5.92 Å². The third kappa shape index (κ3) is 6.22. The predicted octanol–water partition coefficient (Wildman–Crippen LogP) is 5.35. The number of carbonyl (C=O) groups excluding carboxylic acids is 2. The van der Waals surface area contributed by atoms with Crippen LogP contribution in [-0.4, -0.2) is 26.2 Å². The highest BCUT2D eigenvalue weighted by Crippen LogP contribution is 2.33. The van der Waals surface area contributed by atoms with Gasteiger partial charge in [0.25, 0.3) is 0 Å². The third-order valence-corrected chi connectivity index (χ3v) is 5.85. The molecule has 3 aromatic carbocycles. The summed E-state index contributed by atoms with van der Waals surface area (Å²) in [5, 5.41) is 0. The maximum atomic E-state index is 12.5. The topological polar surface area (TPSA) is 55.8 Å². The molecule has 0 amide bonds. The Kier molecular flexibility index (Phi) is 8.64. The fraction of sp³-hybridized carbons (Fsp3) is 0.286. The standard InChI is InChI=1S/C28H31NO4/c1-4-25(26(27(30)32-2)28(31)33-3)23-16-11-17-24(18-23)29(19-21-12-7-5-8-13-21)20-22-14-9-6-10-15-22/h5-18,25-26H,4,19-20H2,1-3H3/t25-/m1/s1. The summed E-state index contributed by atoms with van der Waals surface area (Å²) >= 11 is 0. The molecule has 0 aromatic heterocycles. The molecule has 0 saturated heterocycles. The van der Waals surface area contributed by atoms with Gasteiger partial charge < -0.3 is 14.4 Å². The van der Waals surface area contributed by atoms with Crippen molar-refractivity contribution < 1.29 is 19.1 Å². The molecule has 0 N–H and O–H groups in total. The van der Waals surface area contributed by atoms with E-state index in [1.54, 1.807) is 0 Å². The van der Waals surface area contributed by atoms with Crippen molar-refractivity contribution in [1.29, 1.82) is 0 Å². The highest BCUT2D eigenvalue weighted by molar-refractivity contribution is 5.96. The van der Waals surface area contributed by atoms with Gasteiger partial charge in [0.15, 0.2) is 5.92 Å². The SMILES string of the molecule is CC[C@H](c1cccc(N(Cc2ccccc2)Cc2ccccc2)c1)C(C(=O)OC)C(=O)OC. The molecule has 3 rings (SSSR count). The van der Waals surface area contributed by atoms with Crippen LogP contribution in [-0.2, 0) is 32.2 Å². The fourth-order valence-electron chi connectivity index (χ4n) is 4.14. The molecule has 0 aliphatic rings. The number of carbonyl (C=O) groups is 2. The number of hydrogen-bond acceptors (Lipinski definition) is 5. The zero-order valence-corrected chi connectivity index (χ0v) is 19.4. The van der Waals surface area contributed by atoms with Crippen molar-refractivity contribution in [2.24, 2.45) is 5.92 Å². The van der Waals surface area contributed by atoms with Crippen molar-refractivity contribution in [3.05, 3.63) is 102 Å². The van der Waals surface area contributed by atoms with Crippen molar-refractivity contribution in [3.8, 4) is 0 Å². The van der Waals surface area contributed by atoms with Crippen LogP contribution in [0.25, 0.3) is 0 Å². The van der Waals surface area contributed by atoms with Crippen molar-refractivity contribution in [2.45, 2.75) is 32.4 Å². The van der Waals surface area contributed by atoms with E-state index in [0.717, 1.165) is 24.3 Å². The lowest BCUT2D eigenvalue weighted by atomic mass is 9.83. The second kappa shape index (κ2) is 11.9. The number of benzene rings is 3. The minimum Gasteiger partial charge on any atom is -0.468 e. The quantitative estimate of drug-likeness (QED) is 0.311. The van der Waals surface area contributed by atoms with Gasteiger partial charge in [0, 0.05) is 24.7 Å². The van der Waals surface area contributed by atoms with Gasteiger partial charge in [-0.3, -0.25) is 9.59 Å². The van der Waals surface area contributed by atoms with Crippen LogP contribution in [0.3, 0.4) is 0 Å². The van der Waals surface area contributed by atoms with Gasteiger partial charge in [-0.2, -0.15) is 0 Å². The van der Waals surface area contributed by atoms with Gasteiger partial charge in [-0.15, -0.1) is 0 Å². The van der Waals surface area contributed by atoms with Gasteiger partial charge in [-0.1, -0.05) is 79.7 Å². The lowest BCUT2D eigenvalue weighted by Gasteiger charge is -2.28. The van der Waals surface area contributed by atoms with Gasteiger partial charge in [-0.25, -0.2) is 0 Å². The molecule has 0 saturated carbocycles. The summed E-state index contributed by atoms with van der Waals surface area (Å²) < 4.78 is 9.85. The molecule has 0 fully saturated rings. The van der Waals surface area contributed by atoms with Crippen molar-refractivity contribution in [2.75, 3.05) is 19.1 Å². The van der Waals surface area contributed by atoms with E-state index in [1.165, 1.54) is 25.3 Å². The number of methoxy groups -OCH3 is 2. The molecule has 0 heterocycles. The average molecular weight is 446 g/mol. The highest BCUT2D eigenvalue weighted by atomic mass is 16.5. The summed E-state index contributed by atoms with van der Waals surface area (Å²) in [6.45, 7) is 3.42. The summed E-state index contributed by atoms with van der Waals surface area (Å²) in [4.78, 5) is 27.2. The first-order chi connectivity index (χ1) is 16.1. The minimum atomic E-state index is -1.00. The Morgan fingerprint density at radius 2 is 1.27 bits per heavy atom. The second-order valence-electron chi connectivity index (χ2n) is 7.96. The molecule has 3 aromatic rings. The van der Waals surface area contributed by atoms with Crippen LogP contribution in [0.4, 0.5) is 5.69 Å². The number of nitrogens with zero attached hydrogens (tertiary/aromatic N) is 1. The van der Waals surface area contributed by atoms with Gasteiger partial charge in [-0.05, 0) is 35.2 Å². The normalized spacial score (nSPS) is 11.6. The number of anilines is 1. The fourth-order valence-corrected chi connectivity index (χ4v) is 4.14. The number of rotatable bonds is 10. The maximum Gasteiger partial charge on any atom is 0.320 e. The van der Waals surface area contributed by atoms with E-state index in [0.29, 0.717) is 6.42 Å². The van der Waals surface area contributed by atoms with Crippen LogP contribution in [0.2, 0.25) is 0 Å². The number of ether oxygens (including phenoxy) is 2. The van der Waals surface area contributed by atoms with Crippen LogP contribution in [0.5, 0.6) is 0 Å². The molecule has 5 nitrogen and oxygen atoms in total. The van der Waals surface area contributed by atoms with Crippen LogP contribution in [0.15, 0.2) is 84.9 Å². The van der Waals surface area contributed by atoms with E-state index in [-0.39, 0.29) is 5.92 Å². The molecular formula is C28H31NO4. The monoisotopic (exact) mass is 445 g/mol. The zero-order chi connectivity index (χ0) is 23.6. The molecule has 0 spiro atoms. The second-order valence-corrected chi connectivity index (χ2v) is 7.96. The van der Waals surface area contributed by atoms with Crippen molar-refractivity contribution in [1.82, 2.24) is 0 Å². The summed E-state index contributed by atoms with van der Waals surface area (Å²) in [6, 6.07) is 28.7. The summed E-state index contributed by atoms with van der Waals surface area (Å²) in [7, 11) is 2.59. The summed E-state index contributed by atoms with van der Waals surface area (Å²) in [6.07, 6.45) is 0.593. The van der Waals surface area contributed by atoms with Crippen LogP contribution < -0.4 is 4.90 Å². The smallest absolute Gasteiger partial charge is 0.320 e. The summed E-state index contributed by atoms with van der Waals surface area (Å²) in [5.74, 6) is -2.51. The molecule has 172 valence electrons. The molecule has 0 aliphatic heterocycles. The largest absolute Gasteiger partial charge is 0.468 e. The molecule has 1 atom stereocenters. The lowest BCUT2D eigenvalue weighted by molar-refractivity contribution is -0.160. The van der Waals surface area contributed by atoms with E-state index in [1.807, 2.05) is 55.5 Å². The van der Waals surface area contributed by atoms with E-state index in [4.69, 9.17) is 9.47 Å². The average Bonchev–Trinajstić information content (AvgIpc) is 2.87. The molecule has 0 aliphatic carbocycles. The van der Waals surface area contributed by atoms with Gasteiger partial charge in [0.2, 0.25) is 0 Å².